The molecule has 1 heterocycles. The molecule has 0 radical (unpaired) electrons. The van der Waals surface area contributed by atoms with E-state index in [0.29, 0.717) is 6.54 Å². The van der Waals surface area contributed by atoms with Crippen LogP contribution in [0.4, 0.5) is 10.5 Å². The van der Waals surface area contributed by atoms with Gasteiger partial charge in [-0.2, -0.15) is 0 Å². The third kappa shape index (κ3) is 4.62. The van der Waals surface area contributed by atoms with Crippen LogP contribution in [-0.2, 0) is 6.54 Å². The van der Waals surface area contributed by atoms with Crippen LogP contribution >= 0.6 is 0 Å². The van der Waals surface area contributed by atoms with Crippen molar-refractivity contribution in [1.29, 1.82) is 0 Å². The molecule has 2 amide bonds. The number of aromatic amines is 1. The van der Waals surface area contributed by atoms with Gasteiger partial charge in [-0.1, -0.05) is 72.8 Å². The van der Waals surface area contributed by atoms with Crippen LogP contribution in [0.15, 0.2) is 97.1 Å². The van der Waals surface area contributed by atoms with Gasteiger partial charge in [0.05, 0.1) is 11.0 Å². The molecule has 0 bridgehead atoms. The number of H-pyrrole nitrogens is 1. The topological polar surface area (TPSA) is 69.8 Å². The zero-order valence-electron chi connectivity index (χ0n) is 18.3. The number of urea groups is 1. The molecule has 3 N–H and O–H groups in total. The monoisotopic (exact) mass is 432 g/mol. The van der Waals surface area contributed by atoms with Crippen LogP contribution in [0.5, 0.6) is 0 Å². The van der Waals surface area contributed by atoms with E-state index < -0.39 is 0 Å². The highest BCUT2D eigenvalue weighted by atomic mass is 16.2. The Kier molecular flexibility index (Phi) is 5.60. The van der Waals surface area contributed by atoms with Gasteiger partial charge in [-0.05, 0) is 53.4 Å². The number of carbonyl (C=O) groups excluding carboxylic acids is 1. The van der Waals surface area contributed by atoms with Gasteiger partial charge in [-0.3, -0.25) is 0 Å². The van der Waals surface area contributed by atoms with Crippen LogP contribution in [0.2, 0.25) is 0 Å². The third-order valence-corrected chi connectivity index (χ3v) is 5.60. The van der Waals surface area contributed by atoms with E-state index in [1.54, 1.807) is 0 Å². The Bertz CT molecular complexity index is 1420. The molecule has 5 rings (SSSR count). The maximum atomic E-state index is 12.4. The summed E-state index contributed by atoms with van der Waals surface area (Å²) >= 11 is 0. The number of nitrogens with zero attached hydrogens (tertiary/aromatic N) is 1. The zero-order valence-corrected chi connectivity index (χ0v) is 18.3. The SMILES string of the molecule is Cc1cccc2[nH]c(-c3cccc(-c4cccc(NC(=O)NCc5ccccc5)c4)c3)nc12. The average molecular weight is 433 g/mol. The summed E-state index contributed by atoms with van der Waals surface area (Å²) < 4.78 is 0. The van der Waals surface area contributed by atoms with Gasteiger partial charge in [0.1, 0.15) is 5.82 Å². The minimum atomic E-state index is -0.234. The van der Waals surface area contributed by atoms with Crippen molar-refractivity contribution in [1.82, 2.24) is 15.3 Å². The molecule has 5 nitrogen and oxygen atoms in total. The highest BCUT2D eigenvalue weighted by molar-refractivity contribution is 5.90. The summed E-state index contributed by atoms with van der Waals surface area (Å²) in [7, 11) is 0. The number of fused-ring (bicyclic) bond motifs is 1. The first-order valence-electron chi connectivity index (χ1n) is 10.9. The number of para-hydroxylation sites is 1. The molecule has 0 aliphatic heterocycles. The van der Waals surface area contributed by atoms with E-state index in [-0.39, 0.29) is 6.03 Å². The number of carbonyl (C=O) groups is 1. The van der Waals surface area contributed by atoms with Gasteiger partial charge < -0.3 is 15.6 Å². The lowest BCUT2D eigenvalue weighted by molar-refractivity contribution is 0.251. The maximum Gasteiger partial charge on any atom is 0.319 e. The molecule has 5 aromatic rings. The van der Waals surface area contributed by atoms with Crippen molar-refractivity contribution in [3.8, 4) is 22.5 Å². The number of nitrogens with one attached hydrogen (secondary N) is 3. The molecule has 0 atom stereocenters. The number of hydrogen-bond donors (Lipinski definition) is 3. The van der Waals surface area contributed by atoms with Crippen molar-refractivity contribution in [3.05, 3.63) is 108 Å². The van der Waals surface area contributed by atoms with Crippen molar-refractivity contribution < 1.29 is 4.79 Å². The van der Waals surface area contributed by atoms with Crippen molar-refractivity contribution in [2.45, 2.75) is 13.5 Å². The highest BCUT2D eigenvalue weighted by Crippen LogP contribution is 2.28. The fourth-order valence-electron chi connectivity index (χ4n) is 3.89. The average Bonchev–Trinajstić information content (AvgIpc) is 3.30. The fourth-order valence-corrected chi connectivity index (χ4v) is 3.89. The third-order valence-electron chi connectivity index (χ3n) is 5.60. The van der Waals surface area contributed by atoms with E-state index in [9.17, 15) is 4.79 Å². The number of rotatable bonds is 5. The highest BCUT2D eigenvalue weighted by Gasteiger charge is 2.09. The second kappa shape index (κ2) is 9.01. The van der Waals surface area contributed by atoms with Crippen LogP contribution in [0, 0.1) is 6.92 Å². The molecule has 0 saturated heterocycles. The van der Waals surface area contributed by atoms with Gasteiger partial charge in [0.2, 0.25) is 0 Å². The van der Waals surface area contributed by atoms with E-state index >= 15 is 0 Å². The van der Waals surface area contributed by atoms with E-state index in [1.165, 1.54) is 0 Å². The molecule has 0 aliphatic carbocycles. The fraction of sp³-hybridized carbons (Fsp3) is 0.0714. The van der Waals surface area contributed by atoms with E-state index in [2.05, 4.69) is 46.8 Å². The number of aryl methyl sites for hydroxylation is 1. The molecular weight excluding hydrogens is 408 g/mol. The molecule has 0 aliphatic rings. The van der Waals surface area contributed by atoms with Crippen molar-refractivity contribution >= 4 is 22.8 Å². The van der Waals surface area contributed by atoms with Crippen LogP contribution < -0.4 is 10.6 Å². The van der Waals surface area contributed by atoms with Crippen LogP contribution in [0.3, 0.4) is 0 Å². The normalized spacial score (nSPS) is 10.8. The van der Waals surface area contributed by atoms with Crippen LogP contribution in [-0.4, -0.2) is 16.0 Å². The lowest BCUT2D eigenvalue weighted by Gasteiger charge is -2.10. The Morgan fingerprint density at radius 2 is 1.55 bits per heavy atom. The van der Waals surface area contributed by atoms with Crippen molar-refractivity contribution in [2.75, 3.05) is 5.32 Å². The summed E-state index contributed by atoms with van der Waals surface area (Å²) in [6.07, 6.45) is 0. The summed E-state index contributed by atoms with van der Waals surface area (Å²) in [5.74, 6) is 0.843. The van der Waals surface area contributed by atoms with Gasteiger partial charge in [0.25, 0.3) is 0 Å². The molecule has 5 heteroatoms. The summed E-state index contributed by atoms with van der Waals surface area (Å²) in [6.45, 7) is 2.54. The Balaban J connectivity index is 1.34. The number of benzene rings is 4. The molecule has 0 fully saturated rings. The second-order valence-electron chi connectivity index (χ2n) is 8.01. The van der Waals surface area contributed by atoms with Gasteiger partial charge in [-0.25, -0.2) is 9.78 Å². The van der Waals surface area contributed by atoms with E-state index in [4.69, 9.17) is 4.98 Å². The summed E-state index contributed by atoms with van der Waals surface area (Å²) in [5.41, 5.74) is 8.05. The molecule has 0 saturated carbocycles. The molecule has 162 valence electrons. The van der Waals surface area contributed by atoms with E-state index in [1.807, 2.05) is 72.8 Å². The minimum Gasteiger partial charge on any atom is -0.338 e. The Labute approximate surface area is 192 Å². The number of aromatic nitrogens is 2. The van der Waals surface area contributed by atoms with Gasteiger partial charge in [-0.15, -0.1) is 0 Å². The first kappa shape index (κ1) is 20.5. The number of imidazole rings is 1. The second-order valence-corrected chi connectivity index (χ2v) is 8.01. The Hall–Kier alpha value is -4.38. The van der Waals surface area contributed by atoms with Crippen molar-refractivity contribution in [3.63, 3.8) is 0 Å². The van der Waals surface area contributed by atoms with Gasteiger partial charge in [0.15, 0.2) is 0 Å². The van der Waals surface area contributed by atoms with Gasteiger partial charge >= 0.3 is 6.03 Å². The molecule has 33 heavy (non-hydrogen) atoms. The first-order chi connectivity index (χ1) is 16.2. The standard InChI is InChI=1S/C28H24N4O/c1-19-8-5-15-25-26(19)32-27(31-25)23-13-6-11-21(16-23)22-12-7-14-24(17-22)30-28(33)29-18-20-9-3-2-4-10-20/h2-17H,18H2,1H3,(H,31,32)(H2,29,30,33). The Morgan fingerprint density at radius 1 is 0.818 bits per heavy atom. The number of amides is 2. The molecule has 0 unspecified atom stereocenters. The first-order valence-corrected chi connectivity index (χ1v) is 10.9. The van der Waals surface area contributed by atoms with Gasteiger partial charge in [0, 0.05) is 17.8 Å². The Morgan fingerprint density at radius 3 is 2.36 bits per heavy atom. The quantitative estimate of drug-likeness (QED) is 0.296. The molecule has 1 aromatic heterocycles. The van der Waals surface area contributed by atoms with Crippen LogP contribution in [0.1, 0.15) is 11.1 Å². The molecule has 4 aromatic carbocycles. The predicted molar refractivity (Wildman–Crippen MR) is 134 cm³/mol. The lowest BCUT2D eigenvalue weighted by atomic mass is 10.0. The zero-order chi connectivity index (χ0) is 22.6. The minimum absolute atomic E-state index is 0.234. The number of anilines is 1. The van der Waals surface area contributed by atoms with Crippen molar-refractivity contribution in [2.24, 2.45) is 0 Å². The maximum absolute atomic E-state index is 12.4. The summed E-state index contributed by atoms with van der Waals surface area (Å²) in [4.78, 5) is 20.6. The molecular formula is C28H24N4O. The van der Waals surface area contributed by atoms with E-state index in [0.717, 1.165) is 50.4 Å². The molecule has 0 spiro atoms. The predicted octanol–water partition coefficient (Wildman–Crippen LogP) is 6.53. The lowest BCUT2D eigenvalue weighted by Crippen LogP contribution is -2.28. The summed E-state index contributed by atoms with van der Waals surface area (Å²) in [6, 6.07) is 31.8. The number of hydrogen-bond acceptors (Lipinski definition) is 2. The largest absolute Gasteiger partial charge is 0.338 e. The summed E-state index contributed by atoms with van der Waals surface area (Å²) in [5, 5.41) is 5.82. The van der Waals surface area contributed by atoms with Crippen LogP contribution in [0.25, 0.3) is 33.5 Å². The smallest absolute Gasteiger partial charge is 0.319 e.